The Hall–Kier alpha value is -3.43. The van der Waals surface area contributed by atoms with Crippen LogP contribution in [0.4, 0.5) is 19.0 Å². The van der Waals surface area contributed by atoms with Gasteiger partial charge < -0.3 is 9.64 Å². The number of carbonyl (C=O) groups excluding carboxylic acids is 3. The van der Waals surface area contributed by atoms with Gasteiger partial charge in [-0.15, -0.1) is 0 Å². The topological polar surface area (TPSA) is 88.6 Å². The number of halogens is 3. The summed E-state index contributed by atoms with van der Waals surface area (Å²) in [5.74, 6) is -1.77. The first-order chi connectivity index (χ1) is 15.2. The maximum Gasteiger partial charge on any atom is 0.417 e. The van der Waals surface area contributed by atoms with Gasteiger partial charge >= 0.3 is 12.1 Å². The molecule has 1 aliphatic rings. The number of benzene rings is 1. The fourth-order valence-electron chi connectivity index (χ4n) is 3.36. The Bertz CT molecular complexity index is 941. The molecule has 1 aliphatic heterocycles. The molecule has 0 bridgehead atoms. The summed E-state index contributed by atoms with van der Waals surface area (Å²) >= 11 is 0. The molecule has 1 saturated heterocycles. The molecule has 2 amide bonds. The van der Waals surface area contributed by atoms with E-state index in [1.54, 1.807) is 29.2 Å². The lowest BCUT2D eigenvalue weighted by Gasteiger charge is -2.31. The number of aromatic nitrogens is 1. The van der Waals surface area contributed by atoms with E-state index in [1.165, 1.54) is 6.07 Å². The third-order valence-corrected chi connectivity index (χ3v) is 5.06. The number of alkyl halides is 3. The molecule has 0 atom stereocenters. The van der Waals surface area contributed by atoms with Crippen LogP contribution in [-0.4, -0.2) is 42.5 Å². The molecule has 0 unspecified atom stereocenters. The molecule has 0 radical (unpaired) electrons. The first kappa shape index (κ1) is 23.2. The summed E-state index contributed by atoms with van der Waals surface area (Å²) in [5, 5.41) is 2.18. The molecule has 2 aromatic rings. The minimum atomic E-state index is -4.44. The molecule has 2 heterocycles. The van der Waals surface area contributed by atoms with Crippen LogP contribution >= 0.6 is 0 Å². The SMILES string of the molecule is O=C(COC(=O)C1CCN(c2ccc(C(F)(F)F)cn2)CC1)NC(=O)Cc1ccccc1. The van der Waals surface area contributed by atoms with Crippen molar-refractivity contribution in [2.45, 2.75) is 25.4 Å². The van der Waals surface area contributed by atoms with Crippen LogP contribution < -0.4 is 10.2 Å². The average molecular weight is 449 g/mol. The smallest absolute Gasteiger partial charge is 0.417 e. The number of amides is 2. The lowest BCUT2D eigenvalue weighted by atomic mass is 9.97. The van der Waals surface area contributed by atoms with E-state index in [0.717, 1.165) is 17.8 Å². The van der Waals surface area contributed by atoms with Crippen molar-refractivity contribution in [3.05, 3.63) is 59.8 Å². The number of anilines is 1. The zero-order valence-electron chi connectivity index (χ0n) is 17.1. The molecule has 10 heteroatoms. The number of ether oxygens (including phenoxy) is 1. The second-order valence-electron chi connectivity index (χ2n) is 7.41. The van der Waals surface area contributed by atoms with Gasteiger partial charge in [0.25, 0.3) is 5.91 Å². The highest BCUT2D eigenvalue weighted by molar-refractivity contribution is 5.97. The van der Waals surface area contributed by atoms with E-state index in [4.69, 9.17) is 4.74 Å². The number of nitrogens with one attached hydrogen (secondary N) is 1. The number of piperidine rings is 1. The van der Waals surface area contributed by atoms with Gasteiger partial charge in [-0.05, 0) is 30.5 Å². The molecular weight excluding hydrogens is 427 g/mol. The Labute approximate surface area is 182 Å². The second kappa shape index (κ2) is 10.3. The zero-order valence-corrected chi connectivity index (χ0v) is 17.1. The van der Waals surface area contributed by atoms with Crippen molar-refractivity contribution >= 4 is 23.6 Å². The Morgan fingerprint density at radius 3 is 2.31 bits per heavy atom. The van der Waals surface area contributed by atoms with Gasteiger partial charge in [0.05, 0.1) is 17.9 Å². The quantitative estimate of drug-likeness (QED) is 0.683. The van der Waals surface area contributed by atoms with E-state index in [2.05, 4.69) is 10.3 Å². The van der Waals surface area contributed by atoms with Crippen LogP contribution in [0.25, 0.3) is 0 Å². The standard InChI is InChI=1S/C22H22F3N3O4/c23-22(24,25)17-6-7-18(26-13-17)28-10-8-16(9-11-28)21(31)32-14-20(30)27-19(29)12-15-4-2-1-3-5-15/h1-7,13,16H,8-12,14H2,(H,27,29,30). The Balaban J connectivity index is 1.39. The van der Waals surface area contributed by atoms with Gasteiger partial charge in [-0.2, -0.15) is 13.2 Å². The second-order valence-corrected chi connectivity index (χ2v) is 7.41. The number of carbonyl (C=O) groups is 3. The molecule has 0 saturated carbocycles. The summed E-state index contributed by atoms with van der Waals surface area (Å²) in [4.78, 5) is 41.6. The molecule has 32 heavy (non-hydrogen) atoms. The van der Waals surface area contributed by atoms with Crippen LogP contribution in [-0.2, 0) is 31.7 Å². The molecule has 1 aromatic heterocycles. The van der Waals surface area contributed by atoms with Gasteiger partial charge in [-0.1, -0.05) is 30.3 Å². The number of pyridine rings is 1. The highest BCUT2D eigenvalue weighted by Gasteiger charge is 2.31. The minimum absolute atomic E-state index is 0.0387. The summed E-state index contributed by atoms with van der Waals surface area (Å²) in [5.41, 5.74) is -0.0654. The largest absolute Gasteiger partial charge is 0.455 e. The van der Waals surface area contributed by atoms with Gasteiger partial charge in [0.2, 0.25) is 5.91 Å². The van der Waals surface area contributed by atoms with E-state index >= 15 is 0 Å². The Kier molecular flexibility index (Phi) is 7.45. The maximum absolute atomic E-state index is 12.6. The number of esters is 1. The Morgan fingerprint density at radius 1 is 1.03 bits per heavy atom. The van der Waals surface area contributed by atoms with E-state index in [0.29, 0.717) is 31.7 Å². The van der Waals surface area contributed by atoms with Gasteiger partial charge in [-0.25, -0.2) is 4.98 Å². The van der Waals surface area contributed by atoms with Crippen molar-refractivity contribution in [2.24, 2.45) is 5.92 Å². The van der Waals surface area contributed by atoms with Crippen molar-refractivity contribution in [3.63, 3.8) is 0 Å². The number of hydrogen-bond acceptors (Lipinski definition) is 6. The highest BCUT2D eigenvalue weighted by atomic mass is 19.4. The van der Waals surface area contributed by atoms with E-state index in [9.17, 15) is 27.6 Å². The lowest BCUT2D eigenvalue weighted by molar-refractivity contribution is -0.154. The zero-order chi connectivity index (χ0) is 23.1. The molecule has 3 rings (SSSR count). The molecule has 170 valence electrons. The van der Waals surface area contributed by atoms with Crippen molar-refractivity contribution < 1.29 is 32.3 Å². The fraction of sp³-hybridized carbons (Fsp3) is 0.364. The number of imide groups is 1. The monoisotopic (exact) mass is 449 g/mol. The number of hydrogen-bond donors (Lipinski definition) is 1. The van der Waals surface area contributed by atoms with Crippen molar-refractivity contribution in [1.82, 2.24) is 10.3 Å². The first-order valence-corrected chi connectivity index (χ1v) is 10.0. The lowest BCUT2D eigenvalue weighted by Crippen LogP contribution is -2.39. The summed E-state index contributed by atoms with van der Waals surface area (Å²) in [6.45, 7) is 0.278. The third kappa shape index (κ3) is 6.53. The molecule has 0 aliphatic carbocycles. The van der Waals surface area contributed by atoms with Crippen molar-refractivity contribution in [2.75, 3.05) is 24.6 Å². The predicted molar refractivity (Wildman–Crippen MR) is 108 cm³/mol. The van der Waals surface area contributed by atoms with Gasteiger partial charge in [0.1, 0.15) is 5.82 Å². The van der Waals surface area contributed by atoms with E-state index < -0.39 is 42.0 Å². The average Bonchev–Trinajstić information content (AvgIpc) is 2.77. The normalized spacial score (nSPS) is 14.7. The Morgan fingerprint density at radius 2 is 1.72 bits per heavy atom. The van der Waals surface area contributed by atoms with E-state index in [1.807, 2.05) is 6.07 Å². The third-order valence-electron chi connectivity index (χ3n) is 5.06. The molecule has 0 spiro atoms. The number of rotatable bonds is 6. The summed E-state index contributed by atoms with van der Waals surface area (Å²) in [6.07, 6.45) is -2.79. The van der Waals surface area contributed by atoms with Gasteiger partial charge in [0.15, 0.2) is 6.61 Å². The highest BCUT2D eigenvalue weighted by Crippen LogP contribution is 2.30. The molecule has 7 nitrogen and oxygen atoms in total. The fourth-order valence-corrected chi connectivity index (χ4v) is 3.36. The van der Waals surface area contributed by atoms with Crippen molar-refractivity contribution in [1.29, 1.82) is 0 Å². The van der Waals surface area contributed by atoms with Crippen LogP contribution in [0.2, 0.25) is 0 Å². The van der Waals surface area contributed by atoms with Crippen LogP contribution in [0, 0.1) is 5.92 Å². The van der Waals surface area contributed by atoms with Crippen LogP contribution in [0.3, 0.4) is 0 Å². The van der Waals surface area contributed by atoms with Crippen molar-refractivity contribution in [3.8, 4) is 0 Å². The predicted octanol–water partition coefficient (Wildman–Crippen LogP) is 2.75. The minimum Gasteiger partial charge on any atom is -0.455 e. The summed E-state index contributed by atoms with van der Waals surface area (Å²) in [6, 6.07) is 11.2. The van der Waals surface area contributed by atoms with Crippen LogP contribution in [0.5, 0.6) is 0 Å². The molecular formula is C22H22F3N3O4. The van der Waals surface area contributed by atoms with Crippen LogP contribution in [0.15, 0.2) is 48.7 Å². The number of nitrogens with zero attached hydrogens (tertiary/aromatic N) is 2. The summed E-state index contributed by atoms with van der Waals surface area (Å²) < 4.78 is 43.0. The molecule has 1 N–H and O–H groups in total. The molecule has 1 fully saturated rings. The van der Waals surface area contributed by atoms with E-state index in [-0.39, 0.29) is 6.42 Å². The summed E-state index contributed by atoms with van der Waals surface area (Å²) in [7, 11) is 0. The maximum atomic E-state index is 12.6. The molecule has 1 aromatic carbocycles. The van der Waals surface area contributed by atoms with Crippen LogP contribution in [0.1, 0.15) is 24.0 Å². The van der Waals surface area contributed by atoms with Gasteiger partial charge in [0, 0.05) is 19.3 Å². The first-order valence-electron chi connectivity index (χ1n) is 10.0. The van der Waals surface area contributed by atoms with Gasteiger partial charge in [-0.3, -0.25) is 19.7 Å².